The summed E-state index contributed by atoms with van der Waals surface area (Å²) in [6.45, 7) is 0. The number of carbonyl (C=O) groups is 1. The van der Waals surface area contributed by atoms with Crippen LogP contribution in [-0.2, 0) is 0 Å². The van der Waals surface area contributed by atoms with E-state index < -0.39 is 0 Å². The number of nitrogens with zero attached hydrogens (tertiary/aromatic N) is 1. The molecule has 1 aliphatic rings. The number of amides is 1. The van der Waals surface area contributed by atoms with E-state index in [1.165, 1.54) is 32.1 Å². The van der Waals surface area contributed by atoms with Crippen LogP contribution in [0.15, 0.2) is 29.4 Å². The Labute approximate surface area is 119 Å². The highest BCUT2D eigenvalue weighted by Crippen LogP contribution is 2.15. The Bertz CT molecular complexity index is 444. The molecular formula is C15H19ClN2O. The van der Waals surface area contributed by atoms with Gasteiger partial charge in [0, 0.05) is 16.3 Å². The van der Waals surface area contributed by atoms with Crippen LogP contribution in [0.1, 0.15) is 55.3 Å². The molecule has 1 fully saturated rings. The van der Waals surface area contributed by atoms with Crippen LogP contribution in [0.4, 0.5) is 0 Å². The van der Waals surface area contributed by atoms with E-state index in [4.69, 9.17) is 11.6 Å². The highest BCUT2D eigenvalue weighted by Gasteiger charge is 2.07. The van der Waals surface area contributed by atoms with Crippen LogP contribution in [0.3, 0.4) is 0 Å². The quantitative estimate of drug-likeness (QED) is 0.811. The molecule has 0 aromatic heterocycles. The van der Waals surface area contributed by atoms with Gasteiger partial charge < -0.3 is 0 Å². The molecular weight excluding hydrogens is 260 g/mol. The summed E-state index contributed by atoms with van der Waals surface area (Å²) in [6.07, 6.45) is 8.21. The summed E-state index contributed by atoms with van der Waals surface area (Å²) < 4.78 is 0. The molecule has 1 amide bonds. The first-order chi connectivity index (χ1) is 9.25. The van der Waals surface area contributed by atoms with Crippen molar-refractivity contribution in [3.8, 4) is 0 Å². The second-order valence-electron chi connectivity index (χ2n) is 4.89. The largest absolute Gasteiger partial charge is 0.271 e. The Kier molecular flexibility index (Phi) is 5.40. The van der Waals surface area contributed by atoms with Gasteiger partial charge in [-0.05, 0) is 49.9 Å². The average Bonchev–Trinajstić information content (AvgIpc) is 2.38. The maximum Gasteiger partial charge on any atom is 0.271 e. The Morgan fingerprint density at radius 2 is 1.58 bits per heavy atom. The van der Waals surface area contributed by atoms with Crippen molar-refractivity contribution in [2.24, 2.45) is 5.10 Å². The highest BCUT2D eigenvalue weighted by atomic mass is 35.5. The van der Waals surface area contributed by atoms with E-state index in [9.17, 15) is 4.79 Å². The molecule has 1 N–H and O–H groups in total. The maximum absolute atomic E-state index is 11.9. The monoisotopic (exact) mass is 278 g/mol. The van der Waals surface area contributed by atoms with Crippen LogP contribution in [0.2, 0.25) is 5.02 Å². The van der Waals surface area contributed by atoms with E-state index in [1.807, 2.05) is 0 Å². The van der Waals surface area contributed by atoms with Crippen molar-refractivity contribution in [2.75, 3.05) is 0 Å². The van der Waals surface area contributed by atoms with Crippen molar-refractivity contribution in [2.45, 2.75) is 44.9 Å². The molecule has 0 unspecified atom stereocenters. The minimum atomic E-state index is -0.175. The summed E-state index contributed by atoms with van der Waals surface area (Å²) in [6, 6.07) is 6.82. The SMILES string of the molecule is O=C(NN=C1CCCCCCC1)c1ccc(Cl)cc1. The van der Waals surface area contributed by atoms with Gasteiger partial charge in [0.2, 0.25) is 0 Å². The van der Waals surface area contributed by atoms with Gasteiger partial charge in [-0.25, -0.2) is 5.43 Å². The lowest BCUT2D eigenvalue weighted by atomic mass is 9.99. The molecule has 0 saturated heterocycles. The molecule has 0 aliphatic heterocycles. The van der Waals surface area contributed by atoms with E-state index in [1.54, 1.807) is 24.3 Å². The predicted octanol–water partition coefficient (Wildman–Crippen LogP) is 4.17. The van der Waals surface area contributed by atoms with Crippen molar-refractivity contribution in [1.82, 2.24) is 5.43 Å². The fraction of sp³-hybridized carbons (Fsp3) is 0.467. The van der Waals surface area contributed by atoms with E-state index in [0.717, 1.165) is 18.6 Å². The fourth-order valence-corrected chi connectivity index (χ4v) is 2.35. The topological polar surface area (TPSA) is 41.5 Å². The van der Waals surface area contributed by atoms with E-state index >= 15 is 0 Å². The second kappa shape index (κ2) is 7.29. The van der Waals surface area contributed by atoms with Gasteiger partial charge in [0.15, 0.2) is 0 Å². The van der Waals surface area contributed by atoms with Crippen LogP contribution in [-0.4, -0.2) is 11.6 Å². The van der Waals surface area contributed by atoms with Gasteiger partial charge in [0.05, 0.1) is 0 Å². The van der Waals surface area contributed by atoms with E-state index in [2.05, 4.69) is 10.5 Å². The van der Waals surface area contributed by atoms with Crippen LogP contribution < -0.4 is 5.43 Å². The molecule has 4 heteroatoms. The number of rotatable bonds is 2. The number of hydrazone groups is 1. The average molecular weight is 279 g/mol. The third-order valence-corrected chi connectivity index (χ3v) is 3.60. The van der Waals surface area contributed by atoms with Gasteiger partial charge in [-0.1, -0.05) is 30.9 Å². The molecule has 1 aliphatic carbocycles. The number of hydrogen-bond acceptors (Lipinski definition) is 2. The van der Waals surface area contributed by atoms with Crippen molar-refractivity contribution in [1.29, 1.82) is 0 Å². The minimum absolute atomic E-state index is 0.175. The number of halogens is 1. The highest BCUT2D eigenvalue weighted by molar-refractivity contribution is 6.30. The summed E-state index contributed by atoms with van der Waals surface area (Å²) >= 11 is 5.79. The molecule has 102 valence electrons. The summed E-state index contributed by atoms with van der Waals surface area (Å²) in [5.41, 5.74) is 4.34. The maximum atomic E-state index is 11.9. The van der Waals surface area contributed by atoms with E-state index in [0.29, 0.717) is 10.6 Å². The molecule has 0 bridgehead atoms. The third-order valence-electron chi connectivity index (χ3n) is 3.35. The Morgan fingerprint density at radius 3 is 2.21 bits per heavy atom. The summed E-state index contributed by atoms with van der Waals surface area (Å²) in [4.78, 5) is 11.9. The van der Waals surface area contributed by atoms with Gasteiger partial charge in [-0.3, -0.25) is 4.79 Å². The number of carbonyl (C=O) groups excluding carboxylic acids is 1. The van der Waals surface area contributed by atoms with Gasteiger partial charge >= 0.3 is 0 Å². The van der Waals surface area contributed by atoms with E-state index in [-0.39, 0.29) is 5.91 Å². The number of benzene rings is 1. The molecule has 3 nitrogen and oxygen atoms in total. The van der Waals surface area contributed by atoms with Gasteiger partial charge in [0.1, 0.15) is 0 Å². The zero-order valence-corrected chi connectivity index (χ0v) is 11.7. The lowest BCUT2D eigenvalue weighted by molar-refractivity contribution is 0.0954. The summed E-state index contributed by atoms with van der Waals surface area (Å²) in [7, 11) is 0. The fourth-order valence-electron chi connectivity index (χ4n) is 2.22. The van der Waals surface area contributed by atoms with Crippen molar-refractivity contribution < 1.29 is 4.79 Å². The molecule has 0 radical (unpaired) electrons. The predicted molar refractivity (Wildman–Crippen MR) is 78.7 cm³/mol. The zero-order chi connectivity index (χ0) is 13.5. The Hall–Kier alpha value is -1.35. The molecule has 2 rings (SSSR count). The molecule has 0 heterocycles. The summed E-state index contributed by atoms with van der Waals surface area (Å²) in [5.74, 6) is -0.175. The van der Waals surface area contributed by atoms with Gasteiger partial charge in [-0.2, -0.15) is 5.10 Å². The lowest BCUT2D eigenvalue weighted by Gasteiger charge is -2.10. The molecule has 1 aromatic rings. The standard InChI is InChI=1S/C15H19ClN2O/c16-13-10-8-12(9-11-13)15(19)18-17-14-6-4-2-1-3-5-7-14/h8-11H,1-7H2,(H,18,19). The Balaban J connectivity index is 1.92. The Morgan fingerprint density at radius 1 is 1.00 bits per heavy atom. The molecule has 1 saturated carbocycles. The summed E-state index contributed by atoms with van der Waals surface area (Å²) in [5, 5.41) is 4.90. The molecule has 19 heavy (non-hydrogen) atoms. The third kappa shape index (κ3) is 4.67. The minimum Gasteiger partial charge on any atom is -0.267 e. The van der Waals surface area contributed by atoms with Crippen molar-refractivity contribution in [3.63, 3.8) is 0 Å². The van der Waals surface area contributed by atoms with Crippen molar-refractivity contribution >= 4 is 23.2 Å². The van der Waals surface area contributed by atoms with Crippen LogP contribution in [0.5, 0.6) is 0 Å². The van der Waals surface area contributed by atoms with Crippen molar-refractivity contribution in [3.05, 3.63) is 34.9 Å². The first-order valence-corrected chi connectivity index (χ1v) is 7.25. The number of nitrogens with one attached hydrogen (secondary N) is 1. The van der Waals surface area contributed by atoms with Crippen LogP contribution in [0.25, 0.3) is 0 Å². The smallest absolute Gasteiger partial charge is 0.267 e. The van der Waals surface area contributed by atoms with Crippen LogP contribution in [0, 0.1) is 0 Å². The van der Waals surface area contributed by atoms with Gasteiger partial charge in [0.25, 0.3) is 5.91 Å². The lowest BCUT2D eigenvalue weighted by Crippen LogP contribution is -2.20. The molecule has 0 spiro atoms. The first-order valence-electron chi connectivity index (χ1n) is 6.87. The molecule has 1 aromatic carbocycles. The number of hydrogen-bond donors (Lipinski definition) is 1. The zero-order valence-electron chi connectivity index (χ0n) is 11.0. The van der Waals surface area contributed by atoms with Gasteiger partial charge in [-0.15, -0.1) is 0 Å². The van der Waals surface area contributed by atoms with Crippen LogP contribution >= 0.6 is 11.6 Å². The second-order valence-corrected chi connectivity index (χ2v) is 5.33. The normalized spacial score (nSPS) is 16.4. The molecule has 0 atom stereocenters. The first kappa shape index (κ1) is 14.1.